The van der Waals surface area contributed by atoms with Crippen LogP contribution in [0.15, 0.2) is 24.3 Å². The predicted molar refractivity (Wildman–Crippen MR) is 67.6 cm³/mol. The standard InChI is InChI=1S/C12H17Cl2N/c1-9(7-13)10(2)15-8-11-4-3-5-12(14)6-11/h3-6,9-10,15H,7-8H2,1-2H3. The van der Waals surface area contributed by atoms with E-state index >= 15 is 0 Å². The molecule has 1 N–H and O–H groups in total. The molecule has 84 valence electrons. The van der Waals surface area contributed by atoms with Crippen LogP contribution in [-0.4, -0.2) is 11.9 Å². The fourth-order valence-electron chi connectivity index (χ4n) is 1.26. The molecule has 0 amide bonds. The lowest BCUT2D eigenvalue weighted by atomic mass is 10.1. The van der Waals surface area contributed by atoms with Gasteiger partial charge in [-0.15, -0.1) is 11.6 Å². The number of benzene rings is 1. The quantitative estimate of drug-likeness (QED) is 0.781. The molecule has 0 saturated heterocycles. The molecule has 0 saturated carbocycles. The zero-order valence-electron chi connectivity index (χ0n) is 9.13. The summed E-state index contributed by atoms with van der Waals surface area (Å²) in [5.74, 6) is 1.16. The highest BCUT2D eigenvalue weighted by atomic mass is 35.5. The lowest BCUT2D eigenvalue weighted by Crippen LogP contribution is -2.32. The third-order valence-electron chi connectivity index (χ3n) is 2.61. The first-order valence-electron chi connectivity index (χ1n) is 5.17. The number of rotatable bonds is 5. The molecular formula is C12H17Cl2N. The molecule has 0 radical (unpaired) electrons. The van der Waals surface area contributed by atoms with Gasteiger partial charge in [0.25, 0.3) is 0 Å². The molecule has 0 fully saturated rings. The summed E-state index contributed by atoms with van der Waals surface area (Å²) in [6.45, 7) is 5.13. The maximum atomic E-state index is 5.90. The summed E-state index contributed by atoms with van der Waals surface area (Å²) >= 11 is 11.7. The van der Waals surface area contributed by atoms with Crippen molar-refractivity contribution in [1.29, 1.82) is 0 Å². The molecule has 0 aromatic heterocycles. The Morgan fingerprint density at radius 3 is 2.67 bits per heavy atom. The molecule has 0 aliphatic rings. The Hall–Kier alpha value is -0.240. The lowest BCUT2D eigenvalue weighted by Gasteiger charge is -2.19. The molecule has 1 aromatic rings. The van der Waals surface area contributed by atoms with Gasteiger partial charge in [-0.2, -0.15) is 0 Å². The molecule has 0 spiro atoms. The van der Waals surface area contributed by atoms with Gasteiger partial charge in [-0.1, -0.05) is 30.7 Å². The summed E-state index contributed by atoms with van der Waals surface area (Å²) in [6.07, 6.45) is 0. The fourth-order valence-corrected chi connectivity index (χ4v) is 1.74. The van der Waals surface area contributed by atoms with Crippen LogP contribution in [-0.2, 0) is 6.54 Å². The van der Waals surface area contributed by atoms with E-state index in [9.17, 15) is 0 Å². The molecule has 1 nitrogen and oxygen atoms in total. The number of nitrogens with one attached hydrogen (secondary N) is 1. The second kappa shape index (κ2) is 6.37. The van der Waals surface area contributed by atoms with Crippen LogP contribution in [0.4, 0.5) is 0 Å². The number of alkyl halides is 1. The minimum atomic E-state index is 0.418. The highest BCUT2D eigenvalue weighted by Gasteiger charge is 2.09. The molecule has 15 heavy (non-hydrogen) atoms. The zero-order valence-corrected chi connectivity index (χ0v) is 10.6. The first kappa shape index (κ1) is 12.8. The largest absolute Gasteiger partial charge is 0.310 e. The minimum absolute atomic E-state index is 0.418. The van der Waals surface area contributed by atoms with Crippen molar-refractivity contribution in [2.75, 3.05) is 5.88 Å². The van der Waals surface area contributed by atoms with E-state index in [2.05, 4.69) is 25.2 Å². The first-order valence-corrected chi connectivity index (χ1v) is 6.08. The second-order valence-corrected chi connectivity index (χ2v) is 4.68. The van der Waals surface area contributed by atoms with Gasteiger partial charge in [-0.3, -0.25) is 0 Å². The molecule has 1 rings (SSSR count). The average molecular weight is 246 g/mol. The normalized spacial score (nSPS) is 14.9. The second-order valence-electron chi connectivity index (χ2n) is 3.93. The maximum Gasteiger partial charge on any atom is 0.0409 e. The molecule has 0 aliphatic heterocycles. The SMILES string of the molecule is CC(CCl)C(C)NCc1cccc(Cl)c1. The Balaban J connectivity index is 2.43. The molecule has 2 unspecified atom stereocenters. The summed E-state index contributed by atoms with van der Waals surface area (Å²) in [7, 11) is 0. The van der Waals surface area contributed by atoms with E-state index in [1.54, 1.807) is 0 Å². The van der Waals surface area contributed by atoms with Gasteiger partial charge in [-0.05, 0) is 30.5 Å². The highest BCUT2D eigenvalue weighted by Crippen LogP contribution is 2.11. The molecule has 1 aromatic carbocycles. The van der Waals surface area contributed by atoms with E-state index < -0.39 is 0 Å². The summed E-state index contributed by atoms with van der Waals surface area (Å²) in [4.78, 5) is 0. The van der Waals surface area contributed by atoms with Crippen LogP contribution in [0.1, 0.15) is 19.4 Å². The Labute approximate surface area is 102 Å². The Morgan fingerprint density at radius 2 is 2.07 bits per heavy atom. The van der Waals surface area contributed by atoms with Crippen molar-refractivity contribution >= 4 is 23.2 Å². The molecule has 3 heteroatoms. The monoisotopic (exact) mass is 245 g/mol. The van der Waals surface area contributed by atoms with Crippen LogP contribution in [0.3, 0.4) is 0 Å². The van der Waals surface area contributed by atoms with Crippen LogP contribution in [0.2, 0.25) is 5.02 Å². The Kier molecular flexibility index (Phi) is 5.44. The van der Waals surface area contributed by atoms with Gasteiger partial charge in [0, 0.05) is 23.5 Å². The van der Waals surface area contributed by atoms with Gasteiger partial charge >= 0.3 is 0 Å². The maximum absolute atomic E-state index is 5.90. The van der Waals surface area contributed by atoms with E-state index in [1.165, 1.54) is 5.56 Å². The molecule has 2 atom stereocenters. The zero-order chi connectivity index (χ0) is 11.3. The van der Waals surface area contributed by atoms with Crippen molar-refractivity contribution in [1.82, 2.24) is 5.32 Å². The highest BCUT2D eigenvalue weighted by molar-refractivity contribution is 6.30. The van der Waals surface area contributed by atoms with Crippen molar-refractivity contribution in [3.8, 4) is 0 Å². The first-order chi connectivity index (χ1) is 7.13. The van der Waals surface area contributed by atoms with Gasteiger partial charge in [0.05, 0.1) is 0 Å². The smallest absolute Gasteiger partial charge is 0.0409 e. The molecule has 0 aliphatic carbocycles. The van der Waals surface area contributed by atoms with Crippen molar-refractivity contribution in [3.63, 3.8) is 0 Å². The molecule has 0 heterocycles. The predicted octanol–water partition coefficient (Wildman–Crippen LogP) is 3.69. The third-order valence-corrected chi connectivity index (χ3v) is 3.34. The Morgan fingerprint density at radius 1 is 1.33 bits per heavy atom. The summed E-state index contributed by atoms with van der Waals surface area (Å²) in [6, 6.07) is 8.32. The van der Waals surface area contributed by atoms with Gasteiger partial charge < -0.3 is 5.32 Å². The molecular weight excluding hydrogens is 229 g/mol. The number of hydrogen-bond acceptors (Lipinski definition) is 1. The Bertz CT molecular complexity index is 301. The lowest BCUT2D eigenvalue weighted by molar-refractivity contribution is 0.430. The van der Waals surface area contributed by atoms with E-state index in [-0.39, 0.29) is 0 Å². The minimum Gasteiger partial charge on any atom is -0.310 e. The average Bonchev–Trinajstić information content (AvgIpc) is 2.25. The van der Waals surface area contributed by atoms with Crippen molar-refractivity contribution in [3.05, 3.63) is 34.9 Å². The third kappa shape index (κ3) is 4.42. The summed E-state index contributed by atoms with van der Waals surface area (Å²) in [5.41, 5.74) is 1.20. The number of hydrogen-bond donors (Lipinski definition) is 1. The van der Waals surface area contributed by atoms with Crippen LogP contribution >= 0.6 is 23.2 Å². The molecule has 0 bridgehead atoms. The van der Waals surface area contributed by atoms with E-state index in [1.807, 2.05) is 18.2 Å². The van der Waals surface area contributed by atoms with Crippen molar-refractivity contribution in [2.45, 2.75) is 26.4 Å². The summed E-state index contributed by atoms with van der Waals surface area (Å²) < 4.78 is 0. The van der Waals surface area contributed by atoms with Gasteiger partial charge in [0.2, 0.25) is 0 Å². The van der Waals surface area contributed by atoms with Gasteiger partial charge in [0.15, 0.2) is 0 Å². The van der Waals surface area contributed by atoms with Gasteiger partial charge in [0.1, 0.15) is 0 Å². The van der Waals surface area contributed by atoms with Crippen LogP contribution in [0.25, 0.3) is 0 Å². The van der Waals surface area contributed by atoms with Crippen LogP contribution in [0.5, 0.6) is 0 Å². The van der Waals surface area contributed by atoms with E-state index in [0.29, 0.717) is 17.8 Å². The topological polar surface area (TPSA) is 12.0 Å². The fraction of sp³-hybridized carbons (Fsp3) is 0.500. The van der Waals surface area contributed by atoms with Crippen LogP contribution < -0.4 is 5.32 Å². The number of halogens is 2. The van der Waals surface area contributed by atoms with E-state index in [0.717, 1.165) is 11.6 Å². The van der Waals surface area contributed by atoms with Crippen LogP contribution in [0, 0.1) is 5.92 Å². The van der Waals surface area contributed by atoms with Gasteiger partial charge in [-0.25, -0.2) is 0 Å². The van der Waals surface area contributed by atoms with Crippen molar-refractivity contribution in [2.24, 2.45) is 5.92 Å². The summed E-state index contributed by atoms with van der Waals surface area (Å²) in [5, 5.41) is 4.22. The van der Waals surface area contributed by atoms with Crippen molar-refractivity contribution < 1.29 is 0 Å². The van der Waals surface area contributed by atoms with E-state index in [4.69, 9.17) is 23.2 Å².